The first-order chi connectivity index (χ1) is 8.70. The highest BCUT2D eigenvalue weighted by Gasteiger charge is 2.10. The Morgan fingerprint density at radius 1 is 1.47 bits per heavy atom. The maximum Gasteiger partial charge on any atom is 0.255 e. The molecule has 3 N–H and O–H groups in total. The molecule has 19 heavy (non-hydrogen) atoms. The molecule has 0 saturated carbocycles. The Balaban J connectivity index is 0.00000180. The summed E-state index contributed by atoms with van der Waals surface area (Å²) in [6, 6.07) is 1.58. The smallest absolute Gasteiger partial charge is 0.255 e. The molecule has 0 bridgehead atoms. The van der Waals surface area contributed by atoms with Crippen molar-refractivity contribution in [2.24, 2.45) is 0 Å². The zero-order chi connectivity index (χ0) is 13.0. The molecule has 2 aromatic heterocycles. The van der Waals surface area contributed by atoms with Gasteiger partial charge in [-0.3, -0.25) is 9.78 Å². The van der Waals surface area contributed by atoms with E-state index >= 15 is 0 Å². The first-order valence-electron chi connectivity index (χ1n) is 5.62. The number of carbonyl (C=O) groups is 1. The average Bonchev–Trinajstić information content (AvgIpc) is 2.84. The van der Waals surface area contributed by atoms with Gasteiger partial charge in [0, 0.05) is 24.5 Å². The lowest BCUT2D eigenvalue weighted by Gasteiger charge is -2.04. The van der Waals surface area contributed by atoms with Crippen LogP contribution in [-0.2, 0) is 13.0 Å². The van der Waals surface area contributed by atoms with Crippen molar-refractivity contribution in [1.29, 1.82) is 0 Å². The largest absolute Gasteiger partial charge is 0.444 e. The molecule has 6 nitrogen and oxygen atoms in total. The van der Waals surface area contributed by atoms with Gasteiger partial charge in [-0.1, -0.05) is 6.92 Å². The van der Waals surface area contributed by atoms with Crippen LogP contribution in [0.2, 0.25) is 0 Å². The number of carbonyl (C=O) groups excluding carboxylic acids is 1. The third-order valence-electron chi connectivity index (χ3n) is 2.45. The van der Waals surface area contributed by atoms with Gasteiger partial charge in [0.1, 0.15) is 5.76 Å². The Morgan fingerprint density at radius 3 is 2.89 bits per heavy atom. The summed E-state index contributed by atoms with van der Waals surface area (Å²) < 4.78 is 5.38. The van der Waals surface area contributed by atoms with E-state index in [4.69, 9.17) is 10.2 Å². The van der Waals surface area contributed by atoms with Crippen LogP contribution >= 0.6 is 12.4 Å². The third-order valence-corrected chi connectivity index (χ3v) is 2.45. The van der Waals surface area contributed by atoms with Gasteiger partial charge in [-0.2, -0.15) is 0 Å². The number of aromatic nitrogens is 2. The third kappa shape index (κ3) is 3.69. The SMILES string of the molecule is CCc1cnc(CNC(=O)c2cnccc2N)o1.Cl. The van der Waals surface area contributed by atoms with Crippen LogP contribution in [0.15, 0.2) is 29.1 Å². The number of nitrogens with two attached hydrogens (primary N) is 1. The van der Waals surface area contributed by atoms with Crippen molar-refractivity contribution >= 4 is 24.0 Å². The van der Waals surface area contributed by atoms with Crippen LogP contribution in [0.3, 0.4) is 0 Å². The molecule has 0 spiro atoms. The van der Waals surface area contributed by atoms with Crippen molar-refractivity contribution in [3.63, 3.8) is 0 Å². The predicted molar refractivity (Wildman–Crippen MR) is 72.9 cm³/mol. The molecule has 7 heteroatoms. The molecule has 2 heterocycles. The molecule has 0 aromatic carbocycles. The van der Waals surface area contributed by atoms with Crippen LogP contribution in [0, 0.1) is 0 Å². The number of anilines is 1. The summed E-state index contributed by atoms with van der Waals surface area (Å²) in [6.45, 7) is 2.20. The Bertz CT molecular complexity index is 556. The van der Waals surface area contributed by atoms with E-state index in [2.05, 4.69) is 15.3 Å². The van der Waals surface area contributed by atoms with Crippen molar-refractivity contribution in [3.8, 4) is 0 Å². The van der Waals surface area contributed by atoms with E-state index in [0.29, 0.717) is 17.1 Å². The van der Waals surface area contributed by atoms with E-state index in [0.717, 1.165) is 12.2 Å². The van der Waals surface area contributed by atoms with Gasteiger partial charge in [-0.05, 0) is 6.07 Å². The number of nitrogens with zero attached hydrogens (tertiary/aromatic N) is 2. The summed E-state index contributed by atoms with van der Waals surface area (Å²) in [5.41, 5.74) is 6.42. The molecule has 0 aliphatic carbocycles. The zero-order valence-electron chi connectivity index (χ0n) is 10.4. The molecular weight excluding hydrogens is 268 g/mol. The van der Waals surface area contributed by atoms with Crippen LogP contribution in [0.5, 0.6) is 0 Å². The maximum atomic E-state index is 11.8. The van der Waals surface area contributed by atoms with Crippen LogP contribution in [0.4, 0.5) is 5.69 Å². The number of hydrogen-bond donors (Lipinski definition) is 2. The highest BCUT2D eigenvalue weighted by molar-refractivity contribution is 5.98. The first-order valence-corrected chi connectivity index (χ1v) is 5.62. The lowest BCUT2D eigenvalue weighted by molar-refractivity contribution is 0.0947. The van der Waals surface area contributed by atoms with Crippen LogP contribution in [0.25, 0.3) is 0 Å². The average molecular weight is 283 g/mol. The van der Waals surface area contributed by atoms with Gasteiger partial charge in [-0.25, -0.2) is 4.98 Å². The van der Waals surface area contributed by atoms with Gasteiger partial charge < -0.3 is 15.5 Å². The second-order valence-corrected chi connectivity index (χ2v) is 3.72. The number of oxazole rings is 1. The van der Waals surface area contributed by atoms with Crippen molar-refractivity contribution in [2.45, 2.75) is 19.9 Å². The minimum atomic E-state index is -0.295. The number of pyridine rings is 1. The normalized spacial score (nSPS) is 9.74. The van der Waals surface area contributed by atoms with E-state index in [1.807, 2.05) is 6.92 Å². The topological polar surface area (TPSA) is 94.0 Å². The zero-order valence-corrected chi connectivity index (χ0v) is 11.2. The molecule has 2 rings (SSSR count). The van der Waals surface area contributed by atoms with Crippen molar-refractivity contribution in [2.75, 3.05) is 5.73 Å². The summed E-state index contributed by atoms with van der Waals surface area (Å²) >= 11 is 0. The molecule has 0 unspecified atom stereocenters. The first kappa shape index (κ1) is 15.0. The number of hydrogen-bond acceptors (Lipinski definition) is 5. The van der Waals surface area contributed by atoms with Gasteiger partial charge in [0.2, 0.25) is 5.89 Å². The van der Waals surface area contributed by atoms with Crippen LogP contribution < -0.4 is 11.1 Å². The highest BCUT2D eigenvalue weighted by Crippen LogP contribution is 2.09. The summed E-state index contributed by atoms with van der Waals surface area (Å²) in [5.74, 6) is 0.972. The number of amides is 1. The van der Waals surface area contributed by atoms with E-state index < -0.39 is 0 Å². The van der Waals surface area contributed by atoms with E-state index in [1.165, 1.54) is 12.4 Å². The molecule has 0 aliphatic rings. The van der Waals surface area contributed by atoms with Gasteiger partial charge in [0.05, 0.1) is 18.3 Å². The highest BCUT2D eigenvalue weighted by atomic mass is 35.5. The molecule has 0 fully saturated rings. The Hall–Kier alpha value is -2.08. The van der Waals surface area contributed by atoms with Crippen molar-refractivity contribution < 1.29 is 9.21 Å². The molecule has 0 saturated heterocycles. The van der Waals surface area contributed by atoms with Gasteiger partial charge in [-0.15, -0.1) is 12.4 Å². The van der Waals surface area contributed by atoms with Gasteiger partial charge in [0.25, 0.3) is 5.91 Å². The van der Waals surface area contributed by atoms with Gasteiger partial charge in [0.15, 0.2) is 0 Å². The number of rotatable bonds is 4. The summed E-state index contributed by atoms with van der Waals surface area (Å²) in [4.78, 5) is 19.7. The monoisotopic (exact) mass is 282 g/mol. The van der Waals surface area contributed by atoms with Crippen molar-refractivity contribution in [3.05, 3.63) is 41.9 Å². The van der Waals surface area contributed by atoms with Gasteiger partial charge >= 0.3 is 0 Å². The van der Waals surface area contributed by atoms with E-state index in [9.17, 15) is 4.79 Å². The number of nitrogens with one attached hydrogen (secondary N) is 1. The molecule has 0 atom stereocenters. The number of aryl methyl sites for hydroxylation is 1. The maximum absolute atomic E-state index is 11.8. The number of halogens is 1. The molecule has 0 aliphatic heterocycles. The lowest BCUT2D eigenvalue weighted by atomic mass is 10.2. The van der Waals surface area contributed by atoms with E-state index in [-0.39, 0.29) is 24.9 Å². The fraction of sp³-hybridized carbons (Fsp3) is 0.250. The summed E-state index contributed by atoms with van der Waals surface area (Å²) in [7, 11) is 0. The standard InChI is InChI=1S/C12H14N4O2.ClH/c1-2-8-5-15-11(18-8)7-16-12(17)9-6-14-4-3-10(9)13;/h3-6H,2,7H2,1H3,(H2,13,14)(H,16,17);1H. The summed E-state index contributed by atoms with van der Waals surface area (Å²) in [6.07, 6.45) is 5.39. The minimum absolute atomic E-state index is 0. The van der Waals surface area contributed by atoms with Crippen LogP contribution in [0.1, 0.15) is 28.9 Å². The number of nitrogen functional groups attached to an aromatic ring is 1. The second kappa shape index (κ2) is 6.75. The Labute approximate surface area is 116 Å². The minimum Gasteiger partial charge on any atom is -0.444 e. The molecule has 0 radical (unpaired) electrons. The van der Waals surface area contributed by atoms with Crippen LogP contribution in [-0.4, -0.2) is 15.9 Å². The second-order valence-electron chi connectivity index (χ2n) is 3.72. The quantitative estimate of drug-likeness (QED) is 0.887. The molecule has 102 valence electrons. The molecule has 1 amide bonds. The Kier molecular flexibility index (Phi) is 5.32. The summed E-state index contributed by atoms with van der Waals surface area (Å²) in [5, 5.41) is 2.68. The molecular formula is C12H15ClN4O2. The molecule has 2 aromatic rings. The predicted octanol–water partition coefficient (Wildman–Crippen LogP) is 1.57. The van der Waals surface area contributed by atoms with Crippen molar-refractivity contribution in [1.82, 2.24) is 15.3 Å². The fourth-order valence-corrected chi connectivity index (χ4v) is 1.44. The Morgan fingerprint density at radius 2 is 2.26 bits per heavy atom. The fourth-order valence-electron chi connectivity index (χ4n) is 1.44. The van der Waals surface area contributed by atoms with E-state index in [1.54, 1.807) is 12.3 Å². The lowest BCUT2D eigenvalue weighted by Crippen LogP contribution is -2.24.